The first-order valence-corrected chi connectivity index (χ1v) is 5.67. The lowest BCUT2D eigenvalue weighted by atomic mass is 10.1. The second kappa shape index (κ2) is 5.35. The maximum Gasteiger partial charge on any atom is 0.338 e. The van der Waals surface area contributed by atoms with Crippen molar-refractivity contribution >= 4 is 11.7 Å². The van der Waals surface area contributed by atoms with Crippen molar-refractivity contribution in [3.8, 4) is 0 Å². The Morgan fingerprint density at radius 2 is 2.33 bits per heavy atom. The molecule has 5 nitrogen and oxygen atoms in total. The van der Waals surface area contributed by atoms with E-state index in [4.69, 9.17) is 10.5 Å². The number of nitrogens with two attached hydrogens (primary N) is 1. The fourth-order valence-corrected chi connectivity index (χ4v) is 1.66. The molecule has 2 aromatic rings. The van der Waals surface area contributed by atoms with Gasteiger partial charge >= 0.3 is 5.97 Å². The highest BCUT2D eigenvalue weighted by Gasteiger charge is 2.10. The van der Waals surface area contributed by atoms with Gasteiger partial charge in [-0.3, -0.25) is 4.68 Å². The largest absolute Gasteiger partial charge is 0.460 e. The minimum atomic E-state index is -0.334. The summed E-state index contributed by atoms with van der Waals surface area (Å²) in [5, 5.41) is 4.02. The molecule has 94 valence electrons. The lowest BCUT2D eigenvalue weighted by molar-refractivity contribution is 0.0487. The molecule has 0 aliphatic carbocycles. The lowest BCUT2D eigenvalue weighted by Gasteiger charge is -2.07. The predicted molar refractivity (Wildman–Crippen MR) is 68.1 cm³/mol. The van der Waals surface area contributed by atoms with Gasteiger partial charge in [0.25, 0.3) is 0 Å². The van der Waals surface area contributed by atoms with Gasteiger partial charge in [0, 0.05) is 18.1 Å². The Morgan fingerprint density at radius 1 is 1.50 bits per heavy atom. The van der Waals surface area contributed by atoms with Crippen LogP contribution in [-0.2, 0) is 11.3 Å². The summed E-state index contributed by atoms with van der Waals surface area (Å²) < 4.78 is 6.89. The van der Waals surface area contributed by atoms with Gasteiger partial charge in [0.05, 0.1) is 12.1 Å². The lowest BCUT2D eigenvalue weighted by Crippen LogP contribution is -2.12. The first-order valence-electron chi connectivity index (χ1n) is 5.67. The smallest absolute Gasteiger partial charge is 0.338 e. The Balaban J connectivity index is 1.91. The van der Waals surface area contributed by atoms with Crippen molar-refractivity contribution < 1.29 is 9.53 Å². The summed E-state index contributed by atoms with van der Waals surface area (Å²) in [5.74, 6) is -0.334. The first kappa shape index (κ1) is 12.2. The van der Waals surface area contributed by atoms with Crippen LogP contribution in [0.2, 0.25) is 0 Å². The van der Waals surface area contributed by atoms with Crippen LogP contribution in [0, 0.1) is 6.92 Å². The summed E-state index contributed by atoms with van der Waals surface area (Å²) in [6, 6.07) is 6.95. The van der Waals surface area contributed by atoms with Crippen LogP contribution in [0.15, 0.2) is 36.7 Å². The normalized spacial score (nSPS) is 10.3. The quantitative estimate of drug-likeness (QED) is 0.656. The van der Waals surface area contributed by atoms with E-state index in [9.17, 15) is 4.79 Å². The van der Waals surface area contributed by atoms with Crippen molar-refractivity contribution in [1.82, 2.24) is 9.78 Å². The van der Waals surface area contributed by atoms with Crippen LogP contribution in [0.3, 0.4) is 0 Å². The van der Waals surface area contributed by atoms with E-state index < -0.39 is 0 Å². The molecule has 0 spiro atoms. The molecule has 0 radical (unpaired) electrons. The highest BCUT2D eigenvalue weighted by molar-refractivity contribution is 5.91. The molecule has 0 amide bonds. The van der Waals surface area contributed by atoms with E-state index in [0.29, 0.717) is 24.4 Å². The van der Waals surface area contributed by atoms with Gasteiger partial charge in [-0.1, -0.05) is 0 Å². The topological polar surface area (TPSA) is 70.1 Å². The zero-order chi connectivity index (χ0) is 13.0. The zero-order valence-electron chi connectivity index (χ0n) is 10.2. The van der Waals surface area contributed by atoms with E-state index in [0.717, 1.165) is 5.56 Å². The van der Waals surface area contributed by atoms with Crippen LogP contribution in [0.1, 0.15) is 15.9 Å². The first-order chi connectivity index (χ1) is 8.66. The molecule has 0 bridgehead atoms. The summed E-state index contributed by atoms with van der Waals surface area (Å²) in [5.41, 5.74) is 7.63. The molecule has 0 aliphatic rings. The van der Waals surface area contributed by atoms with Crippen molar-refractivity contribution in [2.45, 2.75) is 13.5 Å². The highest BCUT2D eigenvalue weighted by Crippen LogP contribution is 2.13. The van der Waals surface area contributed by atoms with Crippen LogP contribution in [0.4, 0.5) is 5.69 Å². The molecule has 0 atom stereocenters. The number of aromatic nitrogens is 2. The van der Waals surface area contributed by atoms with E-state index in [-0.39, 0.29) is 5.97 Å². The zero-order valence-corrected chi connectivity index (χ0v) is 10.2. The van der Waals surface area contributed by atoms with Crippen LogP contribution >= 0.6 is 0 Å². The minimum Gasteiger partial charge on any atom is -0.460 e. The van der Waals surface area contributed by atoms with Crippen LogP contribution < -0.4 is 5.73 Å². The van der Waals surface area contributed by atoms with Gasteiger partial charge < -0.3 is 10.5 Å². The van der Waals surface area contributed by atoms with Crippen molar-refractivity contribution in [3.05, 3.63) is 47.8 Å². The molecule has 2 rings (SSSR count). The number of nitrogen functional groups attached to an aromatic ring is 1. The van der Waals surface area contributed by atoms with Gasteiger partial charge in [0.1, 0.15) is 6.61 Å². The van der Waals surface area contributed by atoms with E-state index in [1.54, 1.807) is 29.1 Å². The summed E-state index contributed by atoms with van der Waals surface area (Å²) >= 11 is 0. The van der Waals surface area contributed by atoms with Gasteiger partial charge in [-0.25, -0.2) is 4.79 Å². The van der Waals surface area contributed by atoms with Gasteiger partial charge in [-0.15, -0.1) is 0 Å². The fraction of sp³-hybridized carbons (Fsp3) is 0.231. The van der Waals surface area contributed by atoms with E-state index in [1.165, 1.54) is 0 Å². The van der Waals surface area contributed by atoms with E-state index >= 15 is 0 Å². The molecule has 5 heteroatoms. The average molecular weight is 245 g/mol. The summed E-state index contributed by atoms with van der Waals surface area (Å²) in [6.45, 7) is 2.68. The molecule has 2 N–H and O–H groups in total. The third-order valence-electron chi connectivity index (χ3n) is 2.58. The maximum absolute atomic E-state index is 11.8. The van der Waals surface area contributed by atoms with E-state index in [1.807, 2.05) is 19.2 Å². The number of esters is 1. The molecule has 18 heavy (non-hydrogen) atoms. The number of rotatable bonds is 4. The SMILES string of the molecule is Cc1cc(N)ccc1C(=O)OCCn1cccn1. The molecule has 0 saturated heterocycles. The fourth-order valence-electron chi connectivity index (χ4n) is 1.66. The number of carbonyl (C=O) groups excluding carboxylic acids is 1. The summed E-state index contributed by atoms with van der Waals surface area (Å²) in [6.07, 6.45) is 3.51. The maximum atomic E-state index is 11.8. The predicted octanol–water partition coefficient (Wildman–Crippen LogP) is 1.63. The number of ether oxygens (including phenoxy) is 1. The number of carbonyl (C=O) groups is 1. The number of nitrogens with zero attached hydrogens (tertiary/aromatic N) is 2. The van der Waals surface area contributed by atoms with Gasteiger partial charge in [-0.05, 0) is 36.8 Å². The molecule has 0 unspecified atom stereocenters. The van der Waals surface area contributed by atoms with Crippen LogP contribution in [-0.4, -0.2) is 22.4 Å². The molecule has 0 aliphatic heterocycles. The van der Waals surface area contributed by atoms with Crippen molar-refractivity contribution in [1.29, 1.82) is 0 Å². The minimum absolute atomic E-state index is 0.296. The second-order valence-corrected chi connectivity index (χ2v) is 3.98. The van der Waals surface area contributed by atoms with Crippen LogP contribution in [0.25, 0.3) is 0 Å². The molecule has 1 aromatic heterocycles. The molecule has 1 aromatic carbocycles. The van der Waals surface area contributed by atoms with Gasteiger partial charge in [0.15, 0.2) is 0 Å². The molecule has 0 fully saturated rings. The molecular weight excluding hydrogens is 230 g/mol. The number of anilines is 1. The molecule has 1 heterocycles. The molecule has 0 saturated carbocycles. The van der Waals surface area contributed by atoms with Crippen molar-refractivity contribution in [3.63, 3.8) is 0 Å². The third kappa shape index (κ3) is 2.88. The second-order valence-electron chi connectivity index (χ2n) is 3.98. The Morgan fingerprint density at radius 3 is 3.00 bits per heavy atom. The van der Waals surface area contributed by atoms with Crippen molar-refractivity contribution in [2.24, 2.45) is 0 Å². The standard InChI is InChI=1S/C13H15N3O2/c1-10-9-11(14)3-4-12(10)13(17)18-8-7-16-6-2-5-15-16/h2-6,9H,7-8,14H2,1H3. The Bertz CT molecular complexity index is 535. The number of hydrogen-bond acceptors (Lipinski definition) is 4. The average Bonchev–Trinajstić information content (AvgIpc) is 2.81. The monoisotopic (exact) mass is 245 g/mol. The van der Waals surface area contributed by atoms with Gasteiger partial charge in [0.2, 0.25) is 0 Å². The highest BCUT2D eigenvalue weighted by atomic mass is 16.5. The summed E-state index contributed by atoms with van der Waals surface area (Å²) in [7, 11) is 0. The summed E-state index contributed by atoms with van der Waals surface area (Å²) in [4.78, 5) is 11.8. The Hall–Kier alpha value is -2.30. The van der Waals surface area contributed by atoms with E-state index in [2.05, 4.69) is 5.10 Å². The van der Waals surface area contributed by atoms with Crippen LogP contribution in [0.5, 0.6) is 0 Å². The van der Waals surface area contributed by atoms with Gasteiger partial charge in [-0.2, -0.15) is 5.10 Å². The number of aryl methyl sites for hydroxylation is 1. The third-order valence-corrected chi connectivity index (χ3v) is 2.58. The number of benzene rings is 1. The van der Waals surface area contributed by atoms with Crippen molar-refractivity contribution in [2.75, 3.05) is 12.3 Å². The Labute approximate surface area is 105 Å². The Kier molecular flexibility index (Phi) is 3.62. The molecular formula is C13H15N3O2. The number of hydrogen-bond donors (Lipinski definition) is 1.